The van der Waals surface area contributed by atoms with Crippen LogP contribution in [0.3, 0.4) is 0 Å². The van der Waals surface area contributed by atoms with Crippen molar-refractivity contribution >= 4 is 28.8 Å². The van der Waals surface area contributed by atoms with Gasteiger partial charge in [0, 0.05) is 28.9 Å². The number of carbonyl (C=O) groups excluding carboxylic acids is 1. The quantitative estimate of drug-likeness (QED) is 0.770. The fourth-order valence-corrected chi connectivity index (χ4v) is 3.30. The summed E-state index contributed by atoms with van der Waals surface area (Å²) in [5, 5.41) is 10.1. The average molecular weight is 366 g/mol. The minimum absolute atomic E-state index is 0.0314. The Balaban J connectivity index is 1.84. The molecule has 0 aliphatic heterocycles. The number of nitrogens with one attached hydrogen (secondary N) is 2. The Labute approximate surface area is 152 Å². The van der Waals surface area contributed by atoms with Gasteiger partial charge in [0.15, 0.2) is 0 Å². The van der Waals surface area contributed by atoms with E-state index < -0.39 is 0 Å². The Kier molecular flexibility index (Phi) is 6.78. The molecule has 0 fully saturated rings. The van der Waals surface area contributed by atoms with Crippen molar-refractivity contribution in [1.29, 1.82) is 0 Å². The van der Waals surface area contributed by atoms with Gasteiger partial charge in [-0.25, -0.2) is 4.98 Å². The Morgan fingerprint density at radius 3 is 2.46 bits per heavy atom. The molecule has 6 heteroatoms. The van der Waals surface area contributed by atoms with Crippen LogP contribution in [0.15, 0.2) is 29.6 Å². The highest BCUT2D eigenvalue weighted by Crippen LogP contribution is 2.22. The van der Waals surface area contributed by atoms with Crippen molar-refractivity contribution in [2.75, 3.05) is 0 Å². The Morgan fingerprint density at radius 2 is 1.88 bits per heavy atom. The molecule has 0 saturated carbocycles. The molecule has 2 N–H and O–H groups in total. The highest BCUT2D eigenvalue weighted by molar-refractivity contribution is 7.09. The summed E-state index contributed by atoms with van der Waals surface area (Å²) in [4.78, 5) is 16.9. The highest BCUT2D eigenvalue weighted by Gasteiger charge is 2.18. The van der Waals surface area contributed by atoms with Gasteiger partial charge in [0.1, 0.15) is 0 Å². The largest absolute Gasteiger partial charge is 0.351 e. The van der Waals surface area contributed by atoms with Gasteiger partial charge in [-0.15, -0.1) is 11.3 Å². The number of carbonyl (C=O) groups is 1. The standard InChI is InChI=1S/C18H24ClN3OS/c1-11(2)18-22-16(10-24-18)12(3)21-13(4)17(23)20-9-14-5-7-15(19)8-6-14/h5-8,10-13,21H,9H2,1-4H3,(H,20,23)/t12-,13+/m0/s1. The molecule has 0 radical (unpaired) electrons. The predicted molar refractivity (Wildman–Crippen MR) is 101 cm³/mol. The summed E-state index contributed by atoms with van der Waals surface area (Å²) in [6.07, 6.45) is 0. The predicted octanol–water partition coefficient (Wildman–Crippen LogP) is 4.28. The van der Waals surface area contributed by atoms with Gasteiger partial charge in [-0.1, -0.05) is 37.6 Å². The number of benzene rings is 1. The van der Waals surface area contributed by atoms with Crippen LogP contribution in [-0.4, -0.2) is 16.9 Å². The summed E-state index contributed by atoms with van der Waals surface area (Å²) in [7, 11) is 0. The fourth-order valence-electron chi connectivity index (χ4n) is 2.25. The van der Waals surface area contributed by atoms with Crippen molar-refractivity contribution in [1.82, 2.24) is 15.6 Å². The molecule has 1 amide bonds. The minimum atomic E-state index is -0.295. The second kappa shape index (κ2) is 8.60. The van der Waals surface area contributed by atoms with E-state index in [0.717, 1.165) is 16.3 Å². The smallest absolute Gasteiger partial charge is 0.237 e. The number of amides is 1. The number of thiazole rings is 1. The molecule has 0 spiro atoms. The van der Waals surface area contributed by atoms with E-state index in [-0.39, 0.29) is 18.0 Å². The number of rotatable bonds is 7. The Morgan fingerprint density at radius 1 is 1.21 bits per heavy atom. The molecule has 1 aromatic carbocycles. The van der Waals surface area contributed by atoms with Crippen molar-refractivity contribution in [2.24, 2.45) is 0 Å². The maximum absolute atomic E-state index is 12.2. The number of hydrogen-bond donors (Lipinski definition) is 2. The van der Waals surface area contributed by atoms with Gasteiger partial charge in [0.2, 0.25) is 5.91 Å². The number of hydrogen-bond acceptors (Lipinski definition) is 4. The van der Waals surface area contributed by atoms with Crippen LogP contribution >= 0.6 is 22.9 Å². The zero-order chi connectivity index (χ0) is 17.7. The molecule has 0 bridgehead atoms. The lowest BCUT2D eigenvalue weighted by Gasteiger charge is -2.18. The molecule has 2 atom stereocenters. The number of aromatic nitrogens is 1. The zero-order valence-electron chi connectivity index (χ0n) is 14.5. The lowest BCUT2D eigenvalue weighted by atomic mass is 10.2. The van der Waals surface area contributed by atoms with Crippen LogP contribution in [0.4, 0.5) is 0 Å². The maximum atomic E-state index is 12.2. The van der Waals surface area contributed by atoms with Gasteiger partial charge in [-0.3, -0.25) is 10.1 Å². The fraction of sp³-hybridized carbons (Fsp3) is 0.444. The molecular weight excluding hydrogens is 342 g/mol. The molecular formula is C18H24ClN3OS. The van der Waals surface area contributed by atoms with Crippen LogP contribution in [0.25, 0.3) is 0 Å². The van der Waals surface area contributed by atoms with E-state index in [1.54, 1.807) is 11.3 Å². The van der Waals surface area contributed by atoms with E-state index in [4.69, 9.17) is 11.6 Å². The molecule has 0 aliphatic rings. The summed E-state index contributed by atoms with van der Waals surface area (Å²) in [6.45, 7) is 8.65. The van der Waals surface area contributed by atoms with Crippen molar-refractivity contribution in [3.8, 4) is 0 Å². The molecule has 0 saturated heterocycles. The molecule has 2 aromatic rings. The molecule has 130 valence electrons. The van der Waals surface area contributed by atoms with E-state index in [2.05, 4.69) is 34.8 Å². The van der Waals surface area contributed by atoms with Crippen LogP contribution in [0.5, 0.6) is 0 Å². The molecule has 1 aromatic heterocycles. The lowest BCUT2D eigenvalue weighted by Crippen LogP contribution is -2.42. The summed E-state index contributed by atoms with van der Waals surface area (Å²) in [6, 6.07) is 7.20. The van der Waals surface area contributed by atoms with E-state index in [1.165, 1.54) is 0 Å². The molecule has 24 heavy (non-hydrogen) atoms. The molecule has 2 rings (SSSR count). The van der Waals surface area contributed by atoms with Gasteiger partial charge < -0.3 is 5.32 Å². The lowest BCUT2D eigenvalue weighted by molar-refractivity contribution is -0.123. The van der Waals surface area contributed by atoms with Crippen molar-refractivity contribution in [3.63, 3.8) is 0 Å². The maximum Gasteiger partial charge on any atom is 0.237 e. The SMILES string of the molecule is CC(C)c1nc([C@H](C)N[C@H](C)C(=O)NCc2ccc(Cl)cc2)cs1. The minimum Gasteiger partial charge on any atom is -0.351 e. The second-order valence-corrected chi connectivity index (χ2v) is 7.55. The Bertz CT molecular complexity index is 669. The summed E-state index contributed by atoms with van der Waals surface area (Å²) < 4.78 is 0. The molecule has 0 aliphatic carbocycles. The topological polar surface area (TPSA) is 54.0 Å². The molecule has 4 nitrogen and oxygen atoms in total. The highest BCUT2D eigenvalue weighted by atomic mass is 35.5. The van der Waals surface area contributed by atoms with E-state index in [0.29, 0.717) is 17.5 Å². The monoisotopic (exact) mass is 365 g/mol. The van der Waals surface area contributed by atoms with E-state index in [9.17, 15) is 4.79 Å². The van der Waals surface area contributed by atoms with Crippen LogP contribution in [0.2, 0.25) is 5.02 Å². The van der Waals surface area contributed by atoms with Crippen LogP contribution < -0.4 is 10.6 Å². The normalized spacial score (nSPS) is 13.8. The summed E-state index contributed by atoms with van der Waals surface area (Å²) in [5.74, 6) is 0.396. The van der Waals surface area contributed by atoms with Gasteiger partial charge in [0.05, 0.1) is 16.7 Å². The van der Waals surface area contributed by atoms with Crippen molar-refractivity contribution in [2.45, 2.75) is 52.2 Å². The van der Waals surface area contributed by atoms with Gasteiger partial charge in [-0.05, 0) is 31.5 Å². The van der Waals surface area contributed by atoms with Gasteiger partial charge in [0.25, 0.3) is 0 Å². The average Bonchev–Trinajstić information content (AvgIpc) is 3.04. The van der Waals surface area contributed by atoms with Crippen LogP contribution in [0, 0.1) is 0 Å². The molecule has 0 unspecified atom stereocenters. The first-order valence-electron chi connectivity index (χ1n) is 8.10. The third-order valence-electron chi connectivity index (χ3n) is 3.75. The number of nitrogens with zero attached hydrogens (tertiary/aromatic N) is 1. The van der Waals surface area contributed by atoms with Crippen LogP contribution in [0.1, 0.15) is 55.9 Å². The van der Waals surface area contributed by atoms with E-state index in [1.807, 2.05) is 38.1 Å². The van der Waals surface area contributed by atoms with Gasteiger partial charge in [-0.2, -0.15) is 0 Å². The zero-order valence-corrected chi connectivity index (χ0v) is 16.0. The number of halogens is 1. The first-order valence-corrected chi connectivity index (χ1v) is 9.36. The van der Waals surface area contributed by atoms with Crippen molar-refractivity contribution < 1.29 is 4.79 Å². The molecule has 1 heterocycles. The summed E-state index contributed by atoms with van der Waals surface area (Å²) >= 11 is 7.53. The first-order chi connectivity index (χ1) is 11.4. The van der Waals surface area contributed by atoms with Crippen LogP contribution in [-0.2, 0) is 11.3 Å². The third kappa shape index (κ3) is 5.30. The first kappa shape index (κ1) is 18.9. The third-order valence-corrected chi connectivity index (χ3v) is 5.17. The van der Waals surface area contributed by atoms with E-state index >= 15 is 0 Å². The summed E-state index contributed by atoms with van der Waals surface area (Å²) in [5.41, 5.74) is 2.01. The van der Waals surface area contributed by atoms with Crippen molar-refractivity contribution in [3.05, 3.63) is 50.9 Å². The Hall–Kier alpha value is -1.43. The van der Waals surface area contributed by atoms with Gasteiger partial charge >= 0.3 is 0 Å². The second-order valence-electron chi connectivity index (χ2n) is 6.22.